The van der Waals surface area contributed by atoms with Gasteiger partial charge in [-0.2, -0.15) is 0 Å². The molecule has 0 bridgehead atoms. The first-order valence-electron chi connectivity index (χ1n) is 20.2. The molecule has 0 saturated carbocycles. The fraction of sp³-hybridized carbons (Fsp3) is 0.872. The maximum Gasteiger partial charge on any atom is 0.472 e. The molecule has 11 nitrogen and oxygen atoms in total. The number of carbonyl (C=O) groups excluding carboxylic acids is 2. The van der Waals surface area contributed by atoms with E-state index in [4.69, 9.17) is 24.8 Å². The molecule has 0 aromatic heterocycles. The van der Waals surface area contributed by atoms with Crippen molar-refractivity contribution in [3.8, 4) is 0 Å². The molecule has 0 aliphatic rings. The smallest absolute Gasteiger partial charge is 0.472 e. The van der Waals surface area contributed by atoms with Gasteiger partial charge >= 0.3 is 25.7 Å². The Kier molecular flexibility index (Phi) is 34.0. The van der Waals surface area contributed by atoms with Crippen LogP contribution in [-0.4, -0.2) is 59.9 Å². The Bertz CT molecular complexity index is 932. The maximum absolute atomic E-state index is 12.6. The lowest BCUT2D eigenvalue weighted by Gasteiger charge is -2.20. The molecular formula is C39H74NO10P. The molecule has 12 heteroatoms. The minimum atomic E-state index is -4.71. The van der Waals surface area contributed by atoms with E-state index < -0.39 is 51.1 Å². The molecule has 4 N–H and O–H groups in total. The van der Waals surface area contributed by atoms with Crippen molar-refractivity contribution >= 4 is 25.7 Å². The molecule has 0 amide bonds. The molecule has 0 fully saturated rings. The summed E-state index contributed by atoms with van der Waals surface area (Å²) in [5.41, 5.74) is 5.32. The molecule has 0 radical (unpaired) electrons. The quantitative estimate of drug-likeness (QED) is 0.0237. The Morgan fingerprint density at radius 3 is 1.45 bits per heavy atom. The predicted molar refractivity (Wildman–Crippen MR) is 203 cm³/mol. The van der Waals surface area contributed by atoms with Gasteiger partial charge in [-0.05, 0) is 38.5 Å². The summed E-state index contributed by atoms with van der Waals surface area (Å²) >= 11 is 0. The fourth-order valence-electron chi connectivity index (χ4n) is 5.53. The molecule has 0 spiro atoms. The summed E-state index contributed by atoms with van der Waals surface area (Å²) in [6, 6.07) is -1.52. The summed E-state index contributed by atoms with van der Waals surface area (Å²) in [6.45, 7) is 2.78. The number of ether oxygens (including phenoxy) is 2. The van der Waals surface area contributed by atoms with Crippen LogP contribution in [0.3, 0.4) is 0 Å². The molecule has 0 saturated heterocycles. The third-order valence-electron chi connectivity index (χ3n) is 8.76. The first-order valence-corrected chi connectivity index (χ1v) is 21.7. The molecule has 3 atom stereocenters. The second-order valence-electron chi connectivity index (χ2n) is 13.8. The number of carbonyl (C=O) groups is 3. The minimum Gasteiger partial charge on any atom is -0.480 e. The highest BCUT2D eigenvalue weighted by atomic mass is 31.2. The Labute approximate surface area is 309 Å². The lowest BCUT2D eigenvalue weighted by molar-refractivity contribution is -0.161. The summed E-state index contributed by atoms with van der Waals surface area (Å²) in [6.07, 6.45) is 32.7. The number of rotatable bonds is 38. The number of esters is 2. The van der Waals surface area contributed by atoms with Crippen molar-refractivity contribution in [3.63, 3.8) is 0 Å². The zero-order chi connectivity index (χ0) is 37.8. The van der Waals surface area contributed by atoms with Crippen LogP contribution in [0.25, 0.3) is 0 Å². The number of phosphoric ester groups is 1. The van der Waals surface area contributed by atoms with Gasteiger partial charge < -0.3 is 25.2 Å². The van der Waals surface area contributed by atoms with Crippen molar-refractivity contribution in [2.45, 2.75) is 199 Å². The monoisotopic (exact) mass is 748 g/mol. The number of allylic oxidation sites excluding steroid dienone is 2. The third-order valence-corrected chi connectivity index (χ3v) is 9.71. The van der Waals surface area contributed by atoms with E-state index in [0.29, 0.717) is 12.8 Å². The van der Waals surface area contributed by atoms with Crippen molar-refractivity contribution in [1.82, 2.24) is 0 Å². The molecule has 51 heavy (non-hydrogen) atoms. The first kappa shape index (κ1) is 49.2. The minimum absolute atomic E-state index is 0.165. The van der Waals surface area contributed by atoms with Crippen molar-refractivity contribution in [2.24, 2.45) is 5.73 Å². The van der Waals surface area contributed by atoms with Gasteiger partial charge in [0, 0.05) is 12.8 Å². The van der Waals surface area contributed by atoms with Gasteiger partial charge in [0.05, 0.1) is 13.2 Å². The highest BCUT2D eigenvalue weighted by Crippen LogP contribution is 2.43. The van der Waals surface area contributed by atoms with E-state index in [1.54, 1.807) is 0 Å². The number of nitrogens with two attached hydrogens (primary N) is 1. The van der Waals surface area contributed by atoms with E-state index in [-0.39, 0.29) is 19.4 Å². The van der Waals surface area contributed by atoms with Crippen LogP contribution in [0.2, 0.25) is 0 Å². The van der Waals surface area contributed by atoms with E-state index in [0.717, 1.165) is 57.8 Å². The van der Waals surface area contributed by atoms with Crippen molar-refractivity contribution in [2.75, 3.05) is 19.8 Å². The fourth-order valence-corrected chi connectivity index (χ4v) is 6.31. The van der Waals surface area contributed by atoms with Crippen LogP contribution in [0, 0.1) is 0 Å². The van der Waals surface area contributed by atoms with Gasteiger partial charge in [0.2, 0.25) is 0 Å². The number of hydrogen-bond acceptors (Lipinski definition) is 9. The summed E-state index contributed by atoms with van der Waals surface area (Å²) in [5.74, 6) is -2.38. The van der Waals surface area contributed by atoms with Crippen LogP contribution in [-0.2, 0) is 37.5 Å². The van der Waals surface area contributed by atoms with E-state index in [1.165, 1.54) is 89.9 Å². The third kappa shape index (κ3) is 35.0. The number of phosphoric acid groups is 1. The van der Waals surface area contributed by atoms with Crippen LogP contribution in [0.4, 0.5) is 0 Å². The molecule has 300 valence electrons. The van der Waals surface area contributed by atoms with E-state index >= 15 is 0 Å². The van der Waals surface area contributed by atoms with Gasteiger partial charge in [0.25, 0.3) is 0 Å². The molecule has 0 rings (SSSR count). The van der Waals surface area contributed by atoms with Crippen LogP contribution in [0.15, 0.2) is 12.2 Å². The summed E-state index contributed by atoms with van der Waals surface area (Å²) in [7, 11) is -4.71. The number of carboxylic acid groups (broad SMARTS) is 1. The average Bonchev–Trinajstić information content (AvgIpc) is 3.10. The maximum atomic E-state index is 12.6. The van der Waals surface area contributed by atoms with Gasteiger partial charge in [-0.15, -0.1) is 0 Å². The second kappa shape index (κ2) is 35.3. The van der Waals surface area contributed by atoms with Crippen LogP contribution < -0.4 is 5.73 Å². The van der Waals surface area contributed by atoms with E-state index in [2.05, 4.69) is 30.5 Å². The zero-order valence-electron chi connectivity index (χ0n) is 32.2. The average molecular weight is 748 g/mol. The molecule has 0 aromatic carbocycles. The van der Waals surface area contributed by atoms with Crippen molar-refractivity contribution in [1.29, 1.82) is 0 Å². The Morgan fingerprint density at radius 2 is 0.980 bits per heavy atom. The van der Waals surface area contributed by atoms with Crippen LogP contribution in [0.5, 0.6) is 0 Å². The van der Waals surface area contributed by atoms with Gasteiger partial charge in [-0.1, -0.05) is 148 Å². The molecule has 1 unspecified atom stereocenters. The number of carboxylic acids is 1. The topological polar surface area (TPSA) is 172 Å². The highest BCUT2D eigenvalue weighted by molar-refractivity contribution is 7.47. The standard InChI is InChI=1S/C39H74NO10P/c1-3-5-7-9-11-13-15-17-19-21-23-25-27-29-31-38(42)50-35(33-48-51(45,46)49-34-36(40)39(43)44)32-47-37(41)30-28-26-24-22-20-18-16-14-12-10-8-6-4-2/h14,16,35-36H,3-13,15,17-34,40H2,1-2H3,(H,43,44)(H,45,46)/b16-14+/t35-,36+/m1/s1. The Balaban J connectivity index is 4.40. The summed E-state index contributed by atoms with van der Waals surface area (Å²) in [4.78, 5) is 45.8. The van der Waals surface area contributed by atoms with Gasteiger partial charge in [-0.3, -0.25) is 23.4 Å². The highest BCUT2D eigenvalue weighted by Gasteiger charge is 2.28. The van der Waals surface area contributed by atoms with Crippen molar-refractivity contribution < 1.29 is 47.5 Å². The predicted octanol–water partition coefficient (Wildman–Crippen LogP) is 10.1. The van der Waals surface area contributed by atoms with Crippen LogP contribution >= 0.6 is 7.82 Å². The number of hydrogen-bond donors (Lipinski definition) is 3. The van der Waals surface area contributed by atoms with E-state index in [9.17, 15) is 23.8 Å². The van der Waals surface area contributed by atoms with Gasteiger partial charge in [-0.25, -0.2) is 4.57 Å². The molecule has 0 aromatic rings. The first-order chi connectivity index (χ1) is 24.6. The molecule has 0 aliphatic carbocycles. The Morgan fingerprint density at radius 1 is 0.588 bits per heavy atom. The van der Waals surface area contributed by atoms with E-state index in [1.807, 2.05) is 0 Å². The molecule has 0 aliphatic heterocycles. The second-order valence-corrected chi connectivity index (χ2v) is 15.2. The lowest BCUT2D eigenvalue weighted by Crippen LogP contribution is -2.34. The molecule has 0 heterocycles. The normalized spacial score (nSPS) is 14.0. The number of unbranched alkanes of at least 4 members (excludes halogenated alkanes) is 22. The Hall–Kier alpha value is -1.78. The zero-order valence-corrected chi connectivity index (χ0v) is 33.1. The summed E-state index contributed by atoms with van der Waals surface area (Å²) in [5, 5.41) is 8.86. The largest absolute Gasteiger partial charge is 0.480 e. The van der Waals surface area contributed by atoms with Gasteiger partial charge in [0.1, 0.15) is 12.6 Å². The molecular weight excluding hydrogens is 673 g/mol. The lowest BCUT2D eigenvalue weighted by atomic mass is 10.0. The number of aliphatic carboxylic acids is 1. The summed E-state index contributed by atoms with van der Waals surface area (Å²) < 4.78 is 32.6. The van der Waals surface area contributed by atoms with Gasteiger partial charge in [0.15, 0.2) is 6.10 Å². The van der Waals surface area contributed by atoms with Crippen LogP contribution in [0.1, 0.15) is 187 Å². The van der Waals surface area contributed by atoms with Crippen molar-refractivity contribution in [3.05, 3.63) is 12.2 Å². The SMILES string of the molecule is CCCCCC/C=C/CCCCCCCC(=O)OC[C@H](COP(=O)(O)OC[C@H](N)C(=O)O)OC(=O)CCCCCCCCCCCCCCCC.